The fraction of sp³-hybridized carbons (Fsp3) is 0.321. The van der Waals surface area contributed by atoms with Gasteiger partial charge in [0.2, 0.25) is 5.95 Å². The van der Waals surface area contributed by atoms with E-state index < -0.39 is 11.7 Å². The number of halogens is 4. The van der Waals surface area contributed by atoms with Gasteiger partial charge < -0.3 is 9.80 Å². The van der Waals surface area contributed by atoms with E-state index >= 15 is 0 Å². The summed E-state index contributed by atoms with van der Waals surface area (Å²) in [5.74, 6) is 5.83. The molecule has 0 saturated heterocycles. The molecule has 10 heteroatoms. The number of carbonyl (C=O) groups excluding carboxylic acids is 1. The lowest BCUT2D eigenvalue weighted by atomic mass is 10.0. The van der Waals surface area contributed by atoms with E-state index in [1.807, 2.05) is 26.0 Å². The van der Waals surface area contributed by atoms with Crippen LogP contribution in [0.15, 0.2) is 53.3 Å². The molecule has 0 spiro atoms. The van der Waals surface area contributed by atoms with E-state index in [0.717, 1.165) is 17.7 Å². The molecule has 0 aliphatic carbocycles. The third-order valence-corrected chi connectivity index (χ3v) is 6.36. The maximum atomic E-state index is 13.7. The van der Waals surface area contributed by atoms with E-state index in [9.17, 15) is 22.8 Å². The molecule has 1 amide bonds. The summed E-state index contributed by atoms with van der Waals surface area (Å²) in [7, 11) is 0. The molecule has 0 radical (unpaired) electrons. The number of aryl methyl sites for hydroxylation is 1. The standard InChI is InChI=1S/C28H27F3N4O2.ClH/c1-4-6-16-35-26(37)23-18-33(25(36)20-9-7-19(3)8-10-20)17-15-24(23)32-27(35)34(5-2)22-13-11-21(12-14-22)28(29,30)31;/h7-14H,5,15-18H2,1-3H3;1H. The van der Waals surface area contributed by atoms with E-state index in [1.165, 1.54) is 16.7 Å². The molecule has 2 aromatic carbocycles. The minimum absolute atomic E-state index is 0. The van der Waals surface area contributed by atoms with Gasteiger partial charge in [0.1, 0.15) is 0 Å². The zero-order valence-corrected chi connectivity index (χ0v) is 22.1. The quantitative estimate of drug-likeness (QED) is 0.405. The van der Waals surface area contributed by atoms with Gasteiger partial charge in [0.15, 0.2) is 0 Å². The van der Waals surface area contributed by atoms with Crippen LogP contribution in [-0.2, 0) is 25.7 Å². The van der Waals surface area contributed by atoms with Crippen molar-refractivity contribution in [2.24, 2.45) is 0 Å². The van der Waals surface area contributed by atoms with Crippen molar-refractivity contribution in [1.82, 2.24) is 14.5 Å². The summed E-state index contributed by atoms with van der Waals surface area (Å²) >= 11 is 0. The molecule has 38 heavy (non-hydrogen) atoms. The molecule has 200 valence electrons. The number of hydrogen-bond donors (Lipinski definition) is 0. The van der Waals surface area contributed by atoms with Crippen LogP contribution in [0.2, 0.25) is 0 Å². The van der Waals surface area contributed by atoms with E-state index in [2.05, 4.69) is 11.8 Å². The summed E-state index contributed by atoms with van der Waals surface area (Å²) in [6, 6.07) is 12.1. The topological polar surface area (TPSA) is 58.4 Å². The van der Waals surface area contributed by atoms with E-state index in [0.29, 0.717) is 48.0 Å². The van der Waals surface area contributed by atoms with Gasteiger partial charge in [-0.05, 0) is 57.2 Å². The highest BCUT2D eigenvalue weighted by molar-refractivity contribution is 5.94. The number of fused-ring (bicyclic) bond motifs is 1. The number of hydrogen-bond acceptors (Lipinski definition) is 4. The van der Waals surface area contributed by atoms with Crippen LogP contribution in [0.4, 0.5) is 24.8 Å². The van der Waals surface area contributed by atoms with Gasteiger partial charge in [-0.3, -0.25) is 14.2 Å². The highest BCUT2D eigenvalue weighted by atomic mass is 35.5. The zero-order valence-electron chi connectivity index (χ0n) is 21.3. The van der Waals surface area contributed by atoms with Gasteiger partial charge >= 0.3 is 6.18 Å². The second kappa shape index (κ2) is 11.7. The lowest BCUT2D eigenvalue weighted by Gasteiger charge is -2.31. The van der Waals surface area contributed by atoms with Gasteiger partial charge in [-0.2, -0.15) is 13.2 Å². The van der Waals surface area contributed by atoms with Crippen LogP contribution in [0.3, 0.4) is 0 Å². The summed E-state index contributed by atoms with van der Waals surface area (Å²) in [5, 5.41) is 0. The highest BCUT2D eigenvalue weighted by Crippen LogP contribution is 2.32. The Labute approximate surface area is 225 Å². The maximum absolute atomic E-state index is 13.7. The predicted octanol–water partition coefficient (Wildman–Crippen LogP) is 5.37. The number of aromatic nitrogens is 2. The van der Waals surface area contributed by atoms with Gasteiger partial charge in [-0.15, -0.1) is 18.3 Å². The molecular weight excluding hydrogens is 517 g/mol. The number of benzene rings is 2. The molecular formula is C28H28ClF3N4O2. The third-order valence-electron chi connectivity index (χ3n) is 6.36. The summed E-state index contributed by atoms with van der Waals surface area (Å²) < 4.78 is 40.6. The van der Waals surface area contributed by atoms with Crippen molar-refractivity contribution in [3.05, 3.63) is 86.8 Å². The molecule has 1 aromatic heterocycles. The number of anilines is 2. The Hall–Kier alpha value is -3.77. The summed E-state index contributed by atoms with van der Waals surface area (Å²) in [4.78, 5) is 34.9. The van der Waals surface area contributed by atoms with Gasteiger partial charge in [-0.25, -0.2) is 4.98 Å². The Morgan fingerprint density at radius 3 is 2.34 bits per heavy atom. The van der Waals surface area contributed by atoms with Crippen LogP contribution in [0.5, 0.6) is 0 Å². The number of rotatable bonds is 5. The SMILES string of the molecule is CC#CCn1c(N(CC)c2ccc(C(F)(F)F)cc2)nc2c(c1=O)CN(C(=O)c1ccc(C)cc1)CC2.Cl. The molecule has 3 aromatic rings. The van der Waals surface area contributed by atoms with Crippen LogP contribution in [-0.4, -0.2) is 33.4 Å². The molecule has 0 bridgehead atoms. The fourth-order valence-electron chi connectivity index (χ4n) is 4.33. The first kappa shape index (κ1) is 28.8. The first-order valence-corrected chi connectivity index (χ1v) is 12.0. The minimum atomic E-state index is -4.44. The monoisotopic (exact) mass is 544 g/mol. The molecule has 6 nitrogen and oxygen atoms in total. The second-order valence-corrected chi connectivity index (χ2v) is 8.79. The third kappa shape index (κ3) is 5.86. The average Bonchev–Trinajstić information content (AvgIpc) is 2.88. The van der Waals surface area contributed by atoms with Crippen molar-refractivity contribution in [2.75, 3.05) is 18.0 Å². The molecule has 1 aliphatic heterocycles. The van der Waals surface area contributed by atoms with Crippen LogP contribution in [0.25, 0.3) is 0 Å². The minimum Gasteiger partial charge on any atom is -0.334 e. The molecule has 1 aliphatic rings. The summed E-state index contributed by atoms with van der Waals surface area (Å²) in [6.07, 6.45) is -4.06. The number of amides is 1. The summed E-state index contributed by atoms with van der Waals surface area (Å²) in [5.41, 5.74) is 2.03. The van der Waals surface area contributed by atoms with Gasteiger partial charge in [0.25, 0.3) is 11.5 Å². The molecule has 0 atom stereocenters. The van der Waals surface area contributed by atoms with Gasteiger partial charge in [0.05, 0.1) is 29.9 Å². The largest absolute Gasteiger partial charge is 0.416 e. The zero-order chi connectivity index (χ0) is 26.7. The Morgan fingerprint density at radius 1 is 1.11 bits per heavy atom. The van der Waals surface area contributed by atoms with Crippen LogP contribution >= 0.6 is 12.4 Å². The Kier molecular flexibility index (Phi) is 8.89. The molecule has 0 fully saturated rings. The molecule has 0 saturated carbocycles. The van der Waals surface area contributed by atoms with Crippen LogP contribution in [0, 0.1) is 18.8 Å². The second-order valence-electron chi connectivity index (χ2n) is 8.79. The highest BCUT2D eigenvalue weighted by Gasteiger charge is 2.31. The molecule has 2 heterocycles. The number of carbonyl (C=O) groups is 1. The van der Waals surface area contributed by atoms with Crippen molar-refractivity contribution in [3.63, 3.8) is 0 Å². The maximum Gasteiger partial charge on any atom is 0.416 e. The number of alkyl halides is 3. The van der Waals surface area contributed by atoms with E-state index in [-0.39, 0.29) is 37.0 Å². The lowest BCUT2D eigenvalue weighted by Crippen LogP contribution is -2.42. The first-order chi connectivity index (χ1) is 17.6. The fourth-order valence-corrected chi connectivity index (χ4v) is 4.33. The lowest BCUT2D eigenvalue weighted by molar-refractivity contribution is -0.137. The molecule has 0 unspecified atom stereocenters. The van der Waals surface area contributed by atoms with E-state index in [1.54, 1.807) is 28.9 Å². The van der Waals surface area contributed by atoms with Crippen LogP contribution < -0.4 is 10.5 Å². The molecule has 0 N–H and O–H groups in total. The van der Waals surface area contributed by atoms with Crippen molar-refractivity contribution in [2.45, 2.75) is 46.5 Å². The Bertz CT molecular complexity index is 1420. The van der Waals surface area contributed by atoms with Crippen molar-refractivity contribution in [3.8, 4) is 11.8 Å². The predicted molar refractivity (Wildman–Crippen MR) is 143 cm³/mol. The van der Waals surface area contributed by atoms with Crippen molar-refractivity contribution >= 4 is 29.9 Å². The van der Waals surface area contributed by atoms with Crippen LogP contribution in [0.1, 0.15) is 46.6 Å². The van der Waals surface area contributed by atoms with Gasteiger partial charge in [0, 0.05) is 30.8 Å². The smallest absolute Gasteiger partial charge is 0.334 e. The normalized spacial score (nSPS) is 12.6. The Morgan fingerprint density at radius 2 is 1.76 bits per heavy atom. The molecule has 4 rings (SSSR count). The Balaban J connectivity index is 0.00000400. The van der Waals surface area contributed by atoms with E-state index in [4.69, 9.17) is 4.98 Å². The van der Waals surface area contributed by atoms with Gasteiger partial charge in [-0.1, -0.05) is 23.6 Å². The van der Waals surface area contributed by atoms with Crippen molar-refractivity contribution < 1.29 is 18.0 Å². The summed E-state index contributed by atoms with van der Waals surface area (Å²) in [6.45, 7) is 6.40. The first-order valence-electron chi connectivity index (χ1n) is 12.0. The van der Waals surface area contributed by atoms with Crippen molar-refractivity contribution in [1.29, 1.82) is 0 Å². The average molecular weight is 545 g/mol. The number of nitrogens with zero attached hydrogens (tertiary/aromatic N) is 4.